The fourth-order valence-electron chi connectivity index (χ4n) is 2.80. The lowest BCUT2D eigenvalue weighted by atomic mass is 10.2. The molecule has 2 heterocycles. The second kappa shape index (κ2) is 6.61. The van der Waals surface area contributed by atoms with Crippen LogP contribution in [-0.4, -0.2) is 15.9 Å². The van der Waals surface area contributed by atoms with E-state index >= 15 is 0 Å². The van der Waals surface area contributed by atoms with Crippen LogP contribution in [0.25, 0.3) is 4.91 Å². The normalized spacial score (nSPS) is 18.5. The van der Waals surface area contributed by atoms with Crippen LogP contribution in [0.3, 0.4) is 0 Å². The van der Waals surface area contributed by atoms with Crippen molar-refractivity contribution in [2.75, 3.05) is 5.88 Å². The van der Waals surface area contributed by atoms with Crippen LogP contribution in [0.4, 0.5) is 0 Å². The predicted molar refractivity (Wildman–Crippen MR) is 105 cm³/mol. The lowest BCUT2D eigenvalue weighted by molar-refractivity contribution is 0.124. The van der Waals surface area contributed by atoms with E-state index < -0.39 is 0 Å². The minimum atomic E-state index is 0.965. The van der Waals surface area contributed by atoms with Crippen LogP contribution in [0.5, 0.6) is 0 Å². The van der Waals surface area contributed by atoms with Crippen molar-refractivity contribution in [2.45, 2.75) is 13.8 Å². The molecule has 0 aromatic heterocycles. The van der Waals surface area contributed by atoms with Crippen LogP contribution in [0.1, 0.15) is 25.0 Å². The molecular formula is C20H19N2S2. The number of benzene rings is 2. The maximum absolute atomic E-state index is 2.37. The molecule has 0 saturated carbocycles. The van der Waals surface area contributed by atoms with Gasteiger partial charge in [-0.05, 0) is 25.0 Å². The topological polar surface area (TPSA) is 6.48 Å². The number of allylic oxidation sites excluding steroid dienone is 2. The first-order valence-corrected chi connectivity index (χ1v) is 9.78. The number of rotatable bonds is 3. The van der Waals surface area contributed by atoms with Crippen molar-refractivity contribution < 1.29 is 0 Å². The van der Waals surface area contributed by atoms with Crippen molar-refractivity contribution in [1.82, 2.24) is 10.0 Å². The molecule has 24 heavy (non-hydrogen) atoms. The molecular weight excluding hydrogens is 332 g/mol. The van der Waals surface area contributed by atoms with E-state index in [1.807, 2.05) is 23.5 Å². The Labute approximate surface area is 152 Å². The fourth-order valence-corrected chi connectivity index (χ4v) is 4.86. The third-order valence-electron chi connectivity index (χ3n) is 4.29. The Kier molecular flexibility index (Phi) is 4.33. The van der Waals surface area contributed by atoms with E-state index in [0.29, 0.717) is 0 Å². The third kappa shape index (κ3) is 2.85. The molecule has 2 aliphatic rings. The summed E-state index contributed by atoms with van der Waals surface area (Å²) in [6.45, 7) is 4.41. The van der Waals surface area contributed by atoms with E-state index in [9.17, 15) is 0 Å². The summed E-state index contributed by atoms with van der Waals surface area (Å²) in [7, 11) is 0. The smallest absolute Gasteiger partial charge is 0.174 e. The van der Waals surface area contributed by atoms with Crippen molar-refractivity contribution in [1.29, 1.82) is 0 Å². The molecule has 1 radical (unpaired) electrons. The lowest BCUT2D eigenvalue weighted by Gasteiger charge is -2.34. The van der Waals surface area contributed by atoms with Gasteiger partial charge in [-0.25, -0.2) is 0 Å². The first-order chi connectivity index (χ1) is 11.7. The summed E-state index contributed by atoms with van der Waals surface area (Å²) in [6.07, 6.45) is 2.27. The summed E-state index contributed by atoms with van der Waals surface area (Å²) in [6, 6.07) is 21.3. The Morgan fingerprint density at radius 2 is 1.46 bits per heavy atom. The van der Waals surface area contributed by atoms with Gasteiger partial charge in [-0.1, -0.05) is 72.4 Å². The van der Waals surface area contributed by atoms with Gasteiger partial charge in [0.1, 0.15) is 0 Å². The van der Waals surface area contributed by atoms with Crippen LogP contribution in [0.2, 0.25) is 0 Å². The Morgan fingerprint density at radius 1 is 0.833 bits per heavy atom. The molecule has 2 aromatic rings. The maximum Gasteiger partial charge on any atom is 0.174 e. The average molecular weight is 352 g/mol. The molecule has 0 unspecified atom stereocenters. The Bertz CT molecular complexity index is 784. The van der Waals surface area contributed by atoms with E-state index in [0.717, 1.165) is 5.88 Å². The molecule has 0 amide bonds. The highest BCUT2D eigenvalue weighted by Gasteiger charge is 2.35. The van der Waals surface area contributed by atoms with E-state index in [2.05, 4.69) is 90.7 Å². The molecule has 0 atom stereocenters. The highest BCUT2D eigenvalue weighted by Crippen LogP contribution is 2.50. The number of hydrogen-bond acceptors (Lipinski definition) is 4. The van der Waals surface area contributed by atoms with Crippen molar-refractivity contribution in [2.24, 2.45) is 0 Å². The third-order valence-corrected chi connectivity index (χ3v) is 6.57. The summed E-state index contributed by atoms with van der Waals surface area (Å²) in [5, 5.41) is 5.95. The maximum atomic E-state index is 2.37. The van der Waals surface area contributed by atoms with E-state index in [4.69, 9.17) is 0 Å². The van der Waals surface area contributed by atoms with Crippen molar-refractivity contribution in [3.63, 3.8) is 0 Å². The highest BCUT2D eigenvalue weighted by atomic mass is 32.2. The molecule has 0 saturated heterocycles. The number of hydrazine groups is 1. The second-order valence-electron chi connectivity index (χ2n) is 5.79. The molecule has 0 aliphatic carbocycles. The van der Waals surface area contributed by atoms with Gasteiger partial charge in [-0.2, -0.15) is 0 Å². The minimum absolute atomic E-state index is 0.965. The number of hydrogen-bond donors (Lipinski definition) is 0. The molecule has 121 valence electrons. The van der Waals surface area contributed by atoms with Gasteiger partial charge in [-0.15, -0.1) is 11.8 Å². The largest absolute Gasteiger partial charge is 0.277 e. The molecule has 0 bridgehead atoms. The molecule has 0 N–H and O–H groups in total. The van der Waals surface area contributed by atoms with Crippen LogP contribution >= 0.6 is 23.5 Å². The summed E-state index contributed by atoms with van der Waals surface area (Å²) in [4.78, 5) is 2.69. The Morgan fingerprint density at radius 3 is 2.04 bits per heavy atom. The molecule has 2 aromatic carbocycles. The van der Waals surface area contributed by atoms with Gasteiger partial charge in [-0.3, -0.25) is 10.0 Å². The zero-order valence-corrected chi connectivity index (χ0v) is 15.4. The minimum Gasteiger partial charge on any atom is -0.277 e. The Balaban J connectivity index is 1.72. The average Bonchev–Trinajstić information content (AvgIpc) is 3.21. The van der Waals surface area contributed by atoms with Crippen molar-refractivity contribution in [3.05, 3.63) is 94.0 Å². The summed E-state index contributed by atoms with van der Waals surface area (Å²) in [5.74, 6) is 0.965. The van der Waals surface area contributed by atoms with Gasteiger partial charge in [0.15, 0.2) is 5.37 Å². The van der Waals surface area contributed by atoms with Gasteiger partial charge < -0.3 is 0 Å². The quantitative estimate of drug-likeness (QED) is 0.695. The van der Waals surface area contributed by atoms with Crippen LogP contribution in [-0.2, 0) is 0 Å². The van der Waals surface area contributed by atoms with Crippen molar-refractivity contribution >= 4 is 28.4 Å². The van der Waals surface area contributed by atoms with Gasteiger partial charge in [0.2, 0.25) is 0 Å². The molecule has 4 rings (SSSR count). The van der Waals surface area contributed by atoms with E-state index in [1.165, 1.54) is 32.0 Å². The molecule has 0 fully saturated rings. The van der Waals surface area contributed by atoms with Crippen LogP contribution < -0.4 is 0 Å². The first-order valence-electron chi connectivity index (χ1n) is 7.98. The number of nitrogens with zero attached hydrogens (tertiary/aromatic N) is 2. The van der Waals surface area contributed by atoms with Gasteiger partial charge >= 0.3 is 0 Å². The SMILES string of the molecule is CC1=C(C)N(N2C=C(c3ccccc3)S[C]2c2ccccc2)CS1. The number of thioether (sulfide) groups is 2. The summed E-state index contributed by atoms with van der Waals surface area (Å²) < 4.78 is 0. The van der Waals surface area contributed by atoms with Gasteiger partial charge in [0.25, 0.3) is 0 Å². The van der Waals surface area contributed by atoms with Crippen molar-refractivity contribution in [3.8, 4) is 0 Å². The zero-order valence-electron chi connectivity index (χ0n) is 13.8. The second-order valence-corrected chi connectivity index (χ2v) is 7.98. The monoisotopic (exact) mass is 351 g/mol. The van der Waals surface area contributed by atoms with Crippen LogP contribution in [0.15, 0.2) is 77.5 Å². The Hall–Kier alpha value is -1.78. The van der Waals surface area contributed by atoms with E-state index in [1.54, 1.807) is 0 Å². The highest BCUT2D eigenvalue weighted by molar-refractivity contribution is 8.11. The lowest BCUT2D eigenvalue weighted by Crippen LogP contribution is -2.36. The van der Waals surface area contributed by atoms with Gasteiger partial charge in [0.05, 0.1) is 5.88 Å². The molecule has 0 spiro atoms. The molecule has 2 aliphatic heterocycles. The molecule has 4 heteroatoms. The fraction of sp³-hybridized carbons (Fsp3) is 0.150. The van der Waals surface area contributed by atoms with Gasteiger partial charge in [0, 0.05) is 21.7 Å². The zero-order chi connectivity index (χ0) is 16.5. The van der Waals surface area contributed by atoms with E-state index in [-0.39, 0.29) is 0 Å². The predicted octanol–water partition coefficient (Wildman–Crippen LogP) is 5.74. The summed E-state index contributed by atoms with van der Waals surface area (Å²) in [5.41, 5.74) is 3.86. The standard InChI is InChI=1S/C20H19N2S2/c1-15-16(2)23-14-22(15)21-13-19(17-9-5-3-6-10-17)24-20(21)18-11-7-4-8-12-18/h3-13H,14H2,1-2H3. The first kappa shape index (κ1) is 15.7. The summed E-state index contributed by atoms with van der Waals surface area (Å²) >= 11 is 3.75. The van der Waals surface area contributed by atoms with Crippen LogP contribution in [0, 0.1) is 5.37 Å². The molecule has 2 nitrogen and oxygen atoms in total.